The van der Waals surface area contributed by atoms with E-state index in [0.29, 0.717) is 4.31 Å². The van der Waals surface area contributed by atoms with Gasteiger partial charge in [-0.15, -0.1) is 0 Å². The monoisotopic (exact) mass is 312 g/mol. The normalized spacial score (nSPS) is 12.1. The minimum atomic E-state index is -4.14. The number of hydrogen-bond acceptors (Lipinski definition) is 3. The maximum Gasteiger partial charge on any atom is 0.252 e. The minimum Gasteiger partial charge on any atom is -0.389 e. The van der Waals surface area contributed by atoms with Gasteiger partial charge in [0.2, 0.25) is 10.0 Å². The molecule has 106 valence electrons. The first-order valence-corrected chi connectivity index (χ1v) is 6.85. The van der Waals surface area contributed by atoms with Crippen LogP contribution in [-0.2, 0) is 10.0 Å². The van der Waals surface area contributed by atoms with E-state index in [1.54, 1.807) is 0 Å². The molecule has 1 aromatic rings. The molecule has 0 unspecified atom stereocenters. The van der Waals surface area contributed by atoms with Gasteiger partial charge in [0.1, 0.15) is 10.8 Å². The summed E-state index contributed by atoms with van der Waals surface area (Å²) in [5.74, 6) is -0.775. The van der Waals surface area contributed by atoms with Gasteiger partial charge >= 0.3 is 0 Å². The number of halogens is 3. The van der Waals surface area contributed by atoms with E-state index in [9.17, 15) is 21.6 Å². The molecule has 0 saturated carbocycles. The molecule has 0 heterocycles. The molecule has 0 aromatic heterocycles. The van der Waals surface area contributed by atoms with E-state index in [-0.39, 0.29) is 15.4 Å². The molecule has 2 N–H and O–H groups in total. The Morgan fingerprint density at radius 2 is 2.05 bits per heavy atom. The Balaban J connectivity index is 3.22. The zero-order valence-corrected chi connectivity index (χ0v) is 11.4. The molecule has 0 aliphatic heterocycles. The summed E-state index contributed by atoms with van der Waals surface area (Å²) in [6.07, 6.45) is -2.81. The van der Waals surface area contributed by atoms with E-state index >= 15 is 0 Å². The number of sulfonamides is 1. The van der Waals surface area contributed by atoms with Crippen molar-refractivity contribution in [3.8, 4) is 0 Å². The third kappa shape index (κ3) is 3.64. The average molecular weight is 312 g/mol. The molecule has 1 rings (SSSR count). The Labute approximate surface area is 114 Å². The highest BCUT2D eigenvalue weighted by atomic mass is 32.2. The predicted octanol–water partition coefficient (Wildman–Crippen LogP) is 1.35. The fourth-order valence-electron chi connectivity index (χ4n) is 1.33. The van der Waals surface area contributed by atoms with Crippen LogP contribution in [-0.4, -0.2) is 37.7 Å². The quantitative estimate of drug-likeness (QED) is 0.834. The predicted molar refractivity (Wildman–Crippen MR) is 68.1 cm³/mol. The van der Waals surface area contributed by atoms with Crippen LogP contribution in [0.3, 0.4) is 0 Å². The molecular formula is C10H11F3N2O2S2. The second kappa shape index (κ2) is 5.85. The van der Waals surface area contributed by atoms with Gasteiger partial charge in [-0.2, -0.15) is 4.31 Å². The summed E-state index contributed by atoms with van der Waals surface area (Å²) in [6.45, 7) is -0.956. The summed E-state index contributed by atoms with van der Waals surface area (Å²) in [4.78, 5) is -0.661. The lowest BCUT2D eigenvalue weighted by molar-refractivity contribution is 0.126. The van der Waals surface area contributed by atoms with Crippen molar-refractivity contribution in [3.63, 3.8) is 0 Å². The lowest BCUT2D eigenvalue weighted by Crippen LogP contribution is -2.31. The third-order valence-corrected chi connectivity index (χ3v) is 4.35. The Hall–Kier alpha value is -1.19. The van der Waals surface area contributed by atoms with Crippen molar-refractivity contribution in [3.05, 3.63) is 29.6 Å². The van der Waals surface area contributed by atoms with Gasteiger partial charge in [0, 0.05) is 12.6 Å². The molecule has 0 atom stereocenters. The summed E-state index contributed by atoms with van der Waals surface area (Å²) < 4.78 is 62.1. The van der Waals surface area contributed by atoms with Crippen LogP contribution < -0.4 is 5.73 Å². The van der Waals surface area contributed by atoms with Crippen LogP contribution in [0.25, 0.3) is 0 Å². The third-order valence-electron chi connectivity index (χ3n) is 2.31. The molecule has 0 aliphatic carbocycles. The van der Waals surface area contributed by atoms with Gasteiger partial charge in [0.25, 0.3) is 6.43 Å². The van der Waals surface area contributed by atoms with Gasteiger partial charge < -0.3 is 5.73 Å². The number of nitrogens with zero attached hydrogens (tertiary/aromatic N) is 1. The molecule has 19 heavy (non-hydrogen) atoms. The van der Waals surface area contributed by atoms with Crippen LogP contribution >= 0.6 is 12.2 Å². The van der Waals surface area contributed by atoms with Crippen molar-refractivity contribution in [2.24, 2.45) is 5.73 Å². The SMILES string of the molecule is CN(CC(F)F)S(=O)(=O)c1ccc(F)c(C(N)=S)c1. The molecule has 0 amide bonds. The van der Waals surface area contributed by atoms with Crippen LogP contribution in [0, 0.1) is 5.82 Å². The Morgan fingerprint density at radius 3 is 2.53 bits per heavy atom. The second-order valence-electron chi connectivity index (χ2n) is 3.68. The Kier molecular flexibility index (Phi) is 4.88. The van der Waals surface area contributed by atoms with Gasteiger partial charge in [0.05, 0.1) is 11.4 Å². The lowest BCUT2D eigenvalue weighted by Gasteiger charge is -2.17. The van der Waals surface area contributed by atoms with E-state index in [0.717, 1.165) is 25.2 Å². The topological polar surface area (TPSA) is 63.4 Å². The summed E-state index contributed by atoms with van der Waals surface area (Å²) in [6, 6.07) is 2.76. The lowest BCUT2D eigenvalue weighted by atomic mass is 10.2. The van der Waals surface area contributed by atoms with Gasteiger partial charge in [-0.05, 0) is 18.2 Å². The first-order valence-electron chi connectivity index (χ1n) is 5.00. The van der Waals surface area contributed by atoms with Crippen LogP contribution in [0.1, 0.15) is 5.56 Å². The molecule has 0 fully saturated rings. The number of thiocarbonyl (C=S) groups is 1. The van der Waals surface area contributed by atoms with Gasteiger partial charge in [-0.1, -0.05) is 12.2 Å². The highest BCUT2D eigenvalue weighted by molar-refractivity contribution is 7.89. The minimum absolute atomic E-state index is 0.249. The van der Waals surface area contributed by atoms with Crippen molar-refractivity contribution < 1.29 is 21.6 Å². The summed E-state index contributed by atoms with van der Waals surface area (Å²) in [5, 5.41) is 0. The van der Waals surface area contributed by atoms with Crippen LogP contribution in [0.5, 0.6) is 0 Å². The van der Waals surface area contributed by atoms with Crippen molar-refractivity contribution in [2.75, 3.05) is 13.6 Å². The van der Waals surface area contributed by atoms with Crippen molar-refractivity contribution in [2.45, 2.75) is 11.3 Å². The smallest absolute Gasteiger partial charge is 0.252 e. The second-order valence-corrected chi connectivity index (χ2v) is 6.17. The fraction of sp³-hybridized carbons (Fsp3) is 0.300. The van der Waals surface area contributed by atoms with E-state index < -0.39 is 28.8 Å². The number of benzene rings is 1. The van der Waals surface area contributed by atoms with E-state index in [1.165, 1.54) is 0 Å². The Bertz CT molecular complexity index is 590. The number of nitrogens with two attached hydrogens (primary N) is 1. The standard InChI is InChI=1S/C10H11F3N2O2S2/c1-15(5-9(12)13)19(16,17)6-2-3-8(11)7(4-6)10(14)18/h2-4,9H,5H2,1H3,(H2,14,18). The zero-order chi connectivity index (χ0) is 14.8. The molecule has 4 nitrogen and oxygen atoms in total. The maximum atomic E-state index is 13.3. The molecule has 1 aromatic carbocycles. The average Bonchev–Trinajstić information content (AvgIpc) is 2.27. The first kappa shape index (κ1) is 15.9. The molecule has 0 aliphatic rings. The number of rotatable bonds is 5. The van der Waals surface area contributed by atoms with Gasteiger partial charge in [-0.25, -0.2) is 21.6 Å². The van der Waals surface area contributed by atoms with Crippen molar-refractivity contribution >= 4 is 27.2 Å². The van der Waals surface area contributed by atoms with Gasteiger partial charge in [0.15, 0.2) is 0 Å². The molecule has 0 spiro atoms. The van der Waals surface area contributed by atoms with Gasteiger partial charge in [-0.3, -0.25) is 0 Å². The van der Waals surface area contributed by atoms with Crippen molar-refractivity contribution in [1.29, 1.82) is 0 Å². The maximum absolute atomic E-state index is 13.3. The van der Waals surface area contributed by atoms with E-state index in [2.05, 4.69) is 12.2 Å². The van der Waals surface area contributed by atoms with Crippen molar-refractivity contribution in [1.82, 2.24) is 4.31 Å². The highest BCUT2D eigenvalue weighted by Gasteiger charge is 2.24. The molecule has 9 heteroatoms. The number of hydrogen-bond donors (Lipinski definition) is 1. The van der Waals surface area contributed by atoms with E-state index in [1.807, 2.05) is 0 Å². The number of alkyl halides is 2. The summed E-state index contributed by atoms with van der Waals surface area (Å²) >= 11 is 4.58. The van der Waals surface area contributed by atoms with Crippen LogP contribution in [0.4, 0.5) is 13.2 Å². The van der Waals surface area contributed by atoms with E-state index in [4.69, 9.17) is 5.73 Å². The van der Waals surface area contributed by atoms with Crippen LogP contribution in [0.15, 0.2) is 23.1 Å². The molecule has 0 saturated heterocycles. The molecular weight excluding hydrogens is 301 g/mol. The molecule has 0 radical (unpaired) electrons. The summed E-state index contributed by atoms with van der Waals surface area (Å²) in [5.41, 5.74) is 5.00. The largest absolute Gasteiger partial charge is 0.389 e. The van der Waals surface area contributed by atoms with Crippen LogP contribution in [0.2, 0.25) is 0 Å². The summed E-state index contributed by atoms with van der Waals surface area (Å²) in [7, 11) is -3.13. The first-order chi connectivity index (χ1) is 8.66. The highest BCUT2D eigenvalue weighted by Crippen LogP contribution is 2.19. The fourth-order valence-corrected chi connectivity index (χ4v) is 2.66. The zero-order valence-electron chi connectivity index (χ0n) is 9.81. The Morgan fingerprint density at radius 1 is 1.47 bits per heavy atom. The molecule has 0 bridgehead atoms.